The van der Waals surface area contributed by atoms with Gasteiger partial charge in [-0.15, -0.1) is 11.8 Å². The predicted molar refractivity (Wildman–Crippen MR) is 110 cm³/mol. The number of hydrogen-bond donors (Lipinski definition) is 1. The maximum absolute atomic E-state index is 13.1. The van der Waals surface area contributed by atoms with Crippen LogP contribution in [-0.2, 0) is 10.5 Å². The first kappa shape index (κ1) is 19.9. The third-order valence-corrected chi connectivity index (χ3v) is 4.96. The second kappa shape index (κ2) is 10.5. The summed E-state index contributed by atoms with van der Waals surface area (Å²) in [6, 6.07) is 17.7. The molecule has 0 saturated carbocycles. The molecule has 0 aliphatic carbocycles. The van der Waals surface area contributed by atoms with Gasteiger partial charge in [-0.2, -0.15) is 0 Å². The topological polar surface area (TPSA) is 51.2 Å². The van der Waals surface area contributed by atoms with Crippen molar-refractivity contribution in [2.75, 3.05) is 11.9 Å². The highest BCUT2D eigenvalue weighted by Crippen LogP contribution is 2.24. The number of rotatable bonds is 9. The smallest absolute Gasteiger partial charge is 0.224 e. The molecule has 0 radical (unpaired) electrons. The van der Waals surface area contributed by atoms with Crippen LogP contribution in [0.15, 0.2) is 78.0 Å². The average molecular weight is 396 g/mol. The van der Waals surface area contributed by atoms with Crippen molar-refractivity contribution in [1.29, 1.82) is 0 Å². The van der Waals surface area contributed by atoms with Gasteiger partial charge in [0.15, 0.2) is 0 Å². The lowest BCUT2D eigenvalue weighted by atomic mass is 10.2. The molecule has 1 N–H and O–H groups in total. The molecule has 2 aromatic carbocycles. The molecule has 3 aromatic rings. The molecule has 0 unspecified atom stereocenters. The van der Waals surface area contributed by atoms with Gasteiger partial charge < -0.3 is 10.1 Å². The Balaban J connectivity index is 1.37. The summed E-state index contributed by atoms with van der Waals surface area (Å²) in [5.74, 6) is 0.917. The van der Waals surface area contributed by atoms with E-state index < -0.39 is 0 Å². The molecule has 0 spiro atoms. The number of thioether (sulfide) groups is 1. The van der Waals surface area contributed by atoms with Crippen molar-refractivity contribution in [3.05, 3.63) is 84.4 Å². The lowest BCUT2D eigenvalue weighted by Crippen LogP contribution is -2.12. The van der Waals surface area contributed by atoms with Crippen molar-refractivity contribution in [3.8, 4) is 5.75 Å². The van der Waals surface area contributed by atoms with Crippen molar-refractivity contribution in [3.63, 3.8) is 0 Å². The molecular weight excluding hydrogens is 375 g/mol. The van der Waals surface area contributed by atoms with Gasteiger partial charge in [0.25, 0.3) is 0 Å². The van der Waals surface area contributed by atoms with E-state index in [1.807, 2.05) is 42.6 Å². The maximum Gasteiger partial charge on any atom is 0.224 e. The highest BCUT2D eigenvalue weighted by atomic mass is 32.2. The number of carbonyl (C=O) groups excluding carboxylic acids is 1. The van der Waals surface area contributed by atoms with Gasteiger partial charge in [0.1, 0.15) is 11.6 Å². The Bertz CT molecular complexity index is 889. The Hall–Kier alpha value is -2.86. The predicted octanol–water partition coefficient (Wildman–Crippen LogP) is 5.31. The third-order valence-electron chi connectivity index (χ3n) is 3.88. The molecule has 1 aromatic heterocycles. The summed E-state index contributed by atoms with van der Waals surface area (Å²) in [5.41, 5.74) is 1.94. The minimum Gasteiger partial charge on any atom is -0.493 e. The maximum atomic E-state index is 13.1. The van der Waals surface area contributed by atoms with Gasteiger partial charge in [0.2, 0.25) is 5.91 Å². The summed E-state index contributed by atoms with van der Waals surface area (Å²) in [6.07, 6.45) is 4.52. The number of pyridine rings is 1. The van der Waals surface area contributed by atoms with E-state index in [0.29, 0.717) is 25.2 Å². The SMILES string of the molecule is O=C(CCCOc1cccc(F)c1)Nc1ccc(SCc2cccnc2)cc1. The van der Waals surface area contributed by atoms with Gasteiger partial charge in [-0.25, -0.2) is 4.39 Å². The second-order valence-corrected chi connectivity index (χ2v) is 7.18. The fourth-order valence-electron chi connectivity index (χ4n) is 2.49. The normalized spacial score (nSPS) is 10.5. The Morgan fingerprint density at radius 2 is 1.96 bits per heavy atom. The summed E-state index contributed by atoms with van der Waals surface area (Å²) in [6.45, 7) is 0.362. The van der Waals surface area contributed by atoms with Crippen LogP contribution < -0.4 is 10.1 Å². The second-order valence-electron chi connectivity index (χ2n) is 6.13. The molecule has 0 atom stereocenters. The van der Waals surface area contributed by atoms with Gasteiger partial charge in [-0.05, 0) is 54.4 Å². The van der Waals surface area contributed by atoms with Gasteiger partial charge in [0.05, 0.1) is 6.61 Å². The van der Waals surface area contributed by atoms with E-state index in [0.717, 1.165) is 16.3 Å². The number of halogens is 1. The fourth-order valence-corrected chi connectivity index (χ4v) is 3.32. The van der Waals surface area contributed by atoms with Gasteiger partial charge >= 0.3 is 0 Å². The molecule has 0 saturated heterocycles. The summed E-state index contributed by atoms with van der Waals surface area (Å²) in [7, 11) is 0. The molecular formula is C22H21FN2O2S. The van der Waals surface area contributed by atoms with Crippen molar-refractivity contribution >= 4 is 23.4 Å². The Morgan fingerprint density at radius 3 is 2.71 bits per heavy atom. The summed E-state index contributed by atoms with van der Waals surface area (Å²) >= 11 is 1.72. The number of carbonyl (C=O) groups is 1. The Morgan fingerprint density at radius 1 is 1.11 bits per heavy atom. The van der Waals surface area contributed by atoms with Crippen molar-refractivity contribution < 1.29 is 13.9 Å². The van der Waals surface area contributed by atoms with E-state index in [2.05, 4.69) is 10.3 Å². The van der Waals surface area contributed by atoms with Gasteiger partial charge in [-0.1, -0.05) is 12.1 Å². The standard InChI is InChI=1S/C22H21FN2O2S/c23-18-5-1-6-20(14-18)27-13-3-7-22(26)25-19-8-10-21(11-9-19)28-16-17-4-2-12-24-15-17/h1-2,4-6,8-12,14-15H,3,7,13,16H2,(H,25,26). The van der Waals surface area contributed by atoms with Crippen LogP contribution in [0.2, 0.25) is 0 Å². The molecule has 28 heavy (non-hydrogen) atoms. The van der Waals surface area contributed by atoms with Crippen LogP contribution in [0.5, 0.6) is 5.75 Å². The molecule has 0 aliphatic heterocycles. The van der Waals surface area contributed by atoms with Crippen LogP contribution in [-0.4, -0.2) is 17.5 Å². The van der Waals surface area contributed by atoms with Crippen molar-refractivity contribution in [2.45, 2.75) is 23.5 Å². The van der Waals surface area contributed by atoms with Crippen LogP contribution in [0, 0.1) is 5.82 Å². The van der Waals surface area contributed by atoms with E-state index in [9.17, 15) is 9.18 Å². The van der Waals surface area contributed by atoms with Crippen molar-refractivity contribution in [2.24, 2.45) is 0 Å². The lowest BCUT2D eigenvalue weighted by Gasteiger charge is -2.08. The Labute approximate surface area is 168 Å². The summed E-state index contributed by atoms with van der Waals surface area (Å²) < 4.78 is 18.5. The minimum atomic E-state index is -0.336. The van der Waals surface area contributed by atoms with E-state index in [1.165, 1.54) is 17.7 Å². The minimum absolute atomic E-state index is 0.0707. The molecule has 6 heteroatoms. The highest BCUT2D eigenvalue weighted by Gasteiger charge is 2.04. The number of ether oxygens (including phenoxy) is 1. The summed E-state index contributed by atoms with van der Waals surface area (Å²) in [4.78, 5) is 17.3. The third kappa shape index (κ3) is 6.70. The summed E-state index contributed by atoms with van der Waals surface area (Å²) in [5, 5.41) is 2.88. The molecule has 0 bridgehead atoms. The van der Waals surface area contributed by atoms with Crippen LogP contribution in [0.3, 0.4) is 0 Å². The molecule has 3 rings (SSSR count). The average Bonchev–Trinajstić information content (AvgIpc) is 2.72. The highest BCUT2D eigenvalue weighted by molar-refractivity contribution is 7.98. The molecule has 0 fully saturated rings. The number of amides is 1. The van der Waals surface area contributed by atoms with Crippen LogP contribution in [0.4, 0.5) is 10.1 Å². The molecule has 1 heterocycles. The molecule has 144 valence electrons. The zero-order valence-electron chi connectivity index (χ0n) is 15.3. The van der Waals surface area contributed by atoms with Crippen molar-refractivity contribution in [1.82, 2.24) is 4.98 Å². The number of hydrogen-bond acceptors (Lipinski definition) is 4. The first-order valence-electron chi connectivity index (χ1n) is 8.99. The first-order valence-corrected chi connectivity index (χ1v) is 9.97. The molecule has 0 aliphatic rings. The number of benzene rings is 2. The number of anilines is 1. The van der Waals surface area contributed by atoms with E-state index >= 15 is 0 Å². The lowest BCUT2D eigenvalue weighted by molar-refractivity contribution is -0.116. The van der Waals surface area contributed by atoms with Crippen LogP contribution in [0.1, 0.15) is 18.4 Å². The number of aromatic nitrogens is 1. The zero-order valence-corrected chi connectivity index (χ0v) is 16.1. The first-order chi connectivity index (χ1) is 13.7. The molecule has 1 amide bonds. The number of nitrogens with one attached hydrogen (secondary N) is 1. The molecule has 4 nitrogen and oxygen atoms in total. The quantitative estimate of drug-likeness (QED) is 0.393. The van der Waals surface area contributed by atoms with E-state index in [1.54, 1.807) is 30.1 Å². The van der Waals surface area contributed by atoms with Crippen LogP contribution in [0.25, 0.3) is 0 Å². The number of nitrogens with zero attached hydrogens (tertiary/aromatic N) is 1. The van der Waals surface area contributed by atoms with Crippen LogP contribution >= 0.6 is 11.8 Å². The van der Waals surface area contributed by atoms with E-state index in [-0.39, 0.29) is 11.7 Å². The largest absolute Gasteiger partial charge is 0.493 e. The van der Waals surface area contributed by atoms with Gasteiger partial charge in [0, 0.05) is 41.2 Å². The monoisotopic (exact) mass is 396 g/mol. The zero-order chi connectivity index (χ0) is 19.6. The van der Waals surface area contributed by atoms with Gasteiger partial charge in [-0.3, -0.25) is 9.78 Å². The Kier molecular flexibility index (Phi) is 7.44. The van der Waals surface area contributed by atoms with E-state index in [4.69, 9.17) is 4.74 Å². The fraction of sp³-hybridized carbons (Fsp3) is 0.182.